The lowest BCUT2D eigenvalue weighted by Crippen LogP contribution is -2.59. The Morgan fingerprint density at radius 2 is 2.32 bits per heavy atom. The van der Waals surface area contributed by atoms with Crippen molar-refractivity contribution in [1.82, 2.24) is 4.90 Å². The largest absolute Gasteiger partial charge is 0.329 e. The molecule has 0 spiro atoms. The van der Waals surface area contributed by atoms with Crippen LogP contribution >= 0.6 is 11.8 Å². The van der Waals surface area contributed by atoms with Gasteiger partial charge in [-0.05, 0) is 43.3 Å². The molecule has 1 aliphatic heterocycles. The number of nitrogens with zero attached hydrogens (tertiary/aromatic N) is 1. The van der Waals surface area contributed by atoms with E-state index in [0.717, 1.165) is 18.5 Å². The van der Waals surface area contributed by atoms with Gasteiger partial charge in [-0.25, -0.2) is 4.39 Å². The molecule has 2 unspecified atom stereocenters. The molecule has 0 aromatic heterocycles. The molecule has 4 heteroatoms. The molecule has 1 heterocycles. The number of hydrogen-bond donors (Lipinski definition) is 1. The van der Waals surface area contributed by atoms with Crippen molar-refractivity contribution in [2.45, 2.75) is 37.1 Å². The first-order valence-corrected chi connectivity index (χ1v) is 7.91. The standard InChI is InChI=1S/C15H23FN2S/c1-12-15(11-17,7-4-8-19-12)18(2)10-13-5-3-6-14(16)9-13/h3,5-6,9,12H,4,7-8,10-11,17H2,1-2H3. The highest BCUT2D eigenvalue weighted by molar-refractivity contribution is 8.00. The minimum atomic E-state index is -0.168. The average Bonchev–Trinajstić information content (AvgIpc) is 2.39. The smallest absolute Gasteiger partial charge is 0.123 e. The highest BCUT2D eigenvalue weighted by Gasteiger charge is 2.40. The molecule has 1 aromatic rings. The van der Waals surface area contributed by atoms with Crippen LogP contribution in [-0.2, 0) is 6.54 Å². The summed E-state index contributed by atoms with van der Waals surface area (Å²) >= 11 is 2.00. The summed E-state index contributed by atoms with van der Waals surface area (Å²) in [4.78, 5) is 2.32. The average molecular weight is 282 g/mol. The Balaban J connectivity index is 2.14. The third kappa shape index (κ3) is 3.12. The molecule has 2 N–H and O–H groups in total. The minimum Gasteiger partial charge on any atom is -0.329 e. The SMILES string of the molecule is CC1SCCCC1(CN)N(C)Cc1cccc(F)c1. The van der Waals surface area contributed by atoms with Gasteiger partial charge in [0, 0.05) is 23.9 Å². The summed E-state index contributed by atoms with van der Waals surface area (Å²) in [6.45, 7) is 3.67. The lowest BCUT2D eigenvalue weighted by molar-refractivity contribution is 0.104. The van der Waals surface area contributed by atoms with Crippen LogP contribution in [0.5, 0.6) is 0 Å². The third-order valence-corrected chi connectivity index (χ3v) is 5.76. The second-order valence-electron chi connectivity index (χ2n) is 5.41. The predicted octanol–water partition coefficient (Wildman–Crippen LogP) is 2.87. The molecule has 1 aliphatic rings. The van der Waals surface area contributed by atoms with Crippen molar-refractivity contribution in [3.8, 4) is 0 Å². The van der Waals surface area contributed by atoms with Gasteiger partial charge < -0.3 is 5.73 Å². The van der Waals surface area contributed by atoms with Gasteiger partial charge in [0.15, 0.2) is 0 Å². The highest BCUT2D eigenvalue weighted by atomic mass is 32.2. The first-order valence-electron chi connectivity index (χ1n) is 6.86. The summed E-state index contributed by atoms with van der Waals surface area (Å²) in [5.41, 5.74) is 7.13. The topological polar surface area (TPSA) is 29.3 Å². The summed E-state index contributed by atoms with van der Waals surface area (Å²) in [5, 5.41) is 0.518. The molecule has 19 heavy (non-hydrogen) atoms. The van der Waals surface area contributed by atoms with Gasteiger partial charge in [-0.3, -0.25) is 4.90 Å². The summed E-state index contributed by atoms with van der Waals surface area (Å²) in [5.74, 6) is 1.05. The number of rotatable bonds is 4. The summed E-state index contributed by atoms with van der Waals surface area (Å²) in [6.07, 6.45) is 2.34. The van der Waals surface area contributed by atoms with Crippen molar-refractivity contribution >= 4 is 11.8 Å². The molecule has 1 fully saturated rings. The van der Waals surface area contributed by atoms with Crippen LogP contribution in [0.2, 0.25) is 0 Å². The van der Waals surface area contributed by atoms with Gasteiger partial charge >= 0.3 is 0 Å². The van der Waals surface area contributed by atoms with Crippen LogP contribution < -0.4 is 5.73 Å². The van der Waals surface area contributed by atoms with E-state index in [1.807, 2.05) is 17.8 Å². The van der Waals surface area contributed by atoms with Gasteiger partial charge in [-0.1, -0.05) is 19.1 Å². The number of benzene rings is 1. The number of halogens is 1. The van der Waals surface area contributed by atoms with Gasteiger partial charge in [0.05, 0.1) is 0 Å². The van der Waals surface area contributed by atoms with Gasteiger partial charge in [0.1, 0.15) is 5.82 Å². The summed E-state index contributed by atoms with van der Waals surface area (Å²) < 4.78 is 13.3. The fraction of sp³-hybridized carbons (Fsp3) is 0.600. The van der Waals surface area contributed by atoms with Gasteiger partial charge in [0.2, 0.25) is 0 Å². The minimum absolute atomic E-state index is 0.0369. The van der Waals surface area contributed by atoms with Gasteiger partial charge in [-0.15, -0.1) is 0 Å². The van der Waals surface area contributed by atoms with Crippen LogP contribution in [0, 0.1) is 5.82 Å². The molecule has 2 nitrogen and oxygen atoms in total. The molecule has 1 saturated heterocycles. The molecule has 0 saturated carbocycles. The fourth-order valence-electron chi connectivity index (χ4n) is 2.99. The number of likely N-dealkylation sites (N-methyl/N-ethyl adjacent to an activating group) is 1. The molecular weight excluding hydrogens is 259 g/mol. The molecule has 0 amide bonds. The number of nitrogens with two attached hydrogens (primary N) is 1. The van der Waals surface area contributed by atoms with Crippen molar-refractivity contribution < 1.29 is 4.39 Å². The zero-order chi connectivity index (χ0) is 13.9. The molecule has 2 atom stereocenters. The monoisotopic (exact) mass is 282 g/mol. The normalized spacial score (nSPS) is 27.7. The van der Waals surface area contributed by atoms with E-state index in [1.165, 1.54) is 18.2 Å². The van der Waals surface area contributed by atoms with Crippen LogP contribution in [0.4, 0.5) is 4.39 Å². The number of thioether (sulfide) groups is 1. The van der Waals surface area contributed by atoms with Crippen molar-refractivity contribution in [3.63, 3.8) is 0 Å². The van der Waals surface area contributed by atoms with Crippen molar-refractivity contribution in [2.24, 2.45) is 5.73 Å². The van der Waals surface area contributed by atoms with Crippen LogP contribution in [-0.4, -0.2) is 35.0 Å². The summed E-state index contributed by atoms with van der Waals surface area (Å²) in [6, 6.07) is 6.85. The molecular formula is C15H23FN2S. The van der Waals surface area contributed by atoms with E-state index in [0.29, 0.717) is 11.8 Å². The first kappa shape index (κ1) is 14.8. The van der Waals surface area contributed by atoms with Crippen LogP contribution in [0.25, 0.3) is 0 Å². The molecule has 0 radical (unpaired) electrons. The Kier molecular flexibility index (Phi) is 4.87. The summed E-state index contributed by atoms with van der Waals surface area (Å²) in [7, 11) is 2.11. The molecule has 106 valence electrons. The zero-order valence-corrected chi connectivity index (χ0v) is 12.5. The fourth-order valence-corrected chi connectivity index (χ4v) is 4.36. The lowest BCUT2D eigenvalue weighted by Gasteiger charge is -2.48. The Hall–Kier alpha value is -0.580. The van der Waals surface area contributed by atoms with Crippen molar-refractivity contribution in [2.75, 3.05) is 19.3 Å². The maximum Gasteiger partial charge on any atom is 0.123 e. The van der Waals surface area contributed by atoms with E-state index in [2.05, 4.69) is 18.9 Å². The van der Waals surface area contributed by atoms with E-state index >= 15 is 0 Å². The van der Waals surface area contributed by atoms with E-state index in [9.17, 15) is 4.39 Å². The molecule has 0 bridgehead atoms. The molecule has 1 aromatic carbocycles. The number of hydrogen-bond acceptors (Lipinski definition) is 3. The van der Waals surface area contributed by atoms with E-state index in [4.69, 9.17) is 5.73 Å². The van der Waals surface area contributed by atoms with Crippen molar-refractivity contribution in [3.05, 3.63) is 35.6 Å². The first-order chi connectivity index (χ1) is 9.08. The lowest BCUT2D eigenvalue weighted by atomic mass is 9.87. The van der Waals surface area contributed by atoms with Gasteiger partial charge in [-0.2, -0.15) is 11.8 Å². The van der Waals surface area contributed by atoms with E-state index < -0.39 is 0 Å². The second kappa shape index (κ2) is 6.25. The quantitative estimate of drug-likeness (QED) is 0.921. The second-order valence-corrected chi connectivity index (χ2v) is 6.86. The maximum atomic E-state index is 13.3. The maximum absolute atomic E-state index is 13.3. The Morgan fingerprint density at radius 1 is 1.53 bits per heavy atom. The Bertz CT molecular complexity index is 426. The van der Waals surface area contributed by atoms with Crippen molar-refractivity contribution in [1.29, 1.82) is 0 Å². The van der Waals surface area contributed by atoms with Crippen LogP contribution in [0.1, 0.15) is 25.3 Å². The Labute approximate surface area is 119 Å². The van der Waals surface area contributed by atoms with E-state index in [-0.39, 0.29) is 11.4 Å². The molecule has 2 rings (SSSR count). The highest BCUT2D eigenvalue weighted by Crippen LogP contribution is 2.37. The predicted molar refractivity (Wildman–Crippen MR) is 80.8 cm³/mol. The Morgan fingerprint density at radius 3 is 2.95 bits per heavy atom. The van der Waals surface area contributed by atoms with Crippen LogP contribution in [0.3, 0.4) is 0 Å². The van der Waals surface area contributed by atoms with Crippen LogP contribution in [0.15, 0.2) is 24.3 Å². The van der Waals surface area contributed by atoms with Gasteiger partial charge in [0.25, 0.3) is 0 Å². The third-order valence-electron chi connectivity index (χ3n) is 4.30. The molecule has 0 aliphatic carbocycles. The zero-order valence-electron chi connectivity index (χ0n) is 11.7. The van der Waals surface area contributed by atoms with E-state index in [1.54, 1.807) is 12.1 Å².